The second kappa shape index (κ2) is 3.85. The van der Waals surface area contributed by atoms with Gasteiger partial charge in [-0.1, -0.05) is 33.8 Å². The molecule has 1 saturated carbocycles. The second-order valence-electron chi connectivity index (χ2n) is 7.10. The third-order valence-electron chi connectivity index (χ3n) is 5.96. The number of carbonyl (C=O) groups excluding carboxylic acids is 1. The van der Waals surface area contributed by atoms with Gasteiger partial charge in [0, 0.05) is 11.5 Å². The van der Waals surface area contributed by atoms with Gasteiger partial charge in [0.25, 0.3) is 0 Å². The Balaban J connectivity index is 2.04. The Morgan fingerprint density at radius 2 is 2.17 bits per heavy atom. The van der Waals surface area contributed by atoms with Crippen LogP contribution in [0.3, 0.4) is 0 Å². The average molecular weight is 248 g/mol. The van der Waals surface area contributed by atoms with Crippen molar-refractivity contribution in [1.29, 1.82) is 0 Å². The van der Waals surface area contributed by atoms with Gasteiger partial charge in [-0.05, 0) is 42.4 Å². The van der Waals surface area contributed by atoms with Crippen molar-refractivity contribution in [3.05, 3.63) is 11.6 Å². The van der Waals surface area contributed by atoms with E-state index in [1.165, 1.54) is 12.8 Å². The molecule has 0 radical (unpaired) electrons. The molecule has 5 atom stereocenters. The van der Waals surface area contributed by atoms with E-state index in [-0.39, 0.29) is 17.5 Å². The summed E-state index contributed by atoms with van der Waals surface area (Å²) in [6, 6.07) is 0. The number of carbonyl (C=O) groups is 1. The number of hydrogen-bond donors (Lipinski definition) is 0. The van der Waals surface area contributed by atoms with Gasteiger partial charge in [-0.15, -0.1) is 0 Å². The third-order valence-corrected chi connectivity index (χ3v) is 5.96. The number of allylic oxidation sites excluding steroid dienone is 1. The van der Waals surface area contributed by atoms with Gasteiger partial charge in [0.1, 0.15) is 6.10 Å². The molecule has 0 aromatic heterocycles. The zero-order valence-corrected chi connectivity index (χ0v) is 11.9. The molecule has 3 aliphatic rings. The van der Waals surface area contributed by atoms with Crippen LogP contribution in [0.25, 0.3) is 0 Å². The molecular formula is C16H24O2. The van der Waals surface area contributed by atoms with Gasteiger partial charge in [0.2, 0.25) is 0 Å². The first-order valence-corrected chi connectivity index (χ1v) is 7.36. The summed E-state index contributed by atoms with van der Waals surface area (Å²) < 4.78 is 5.76. The molecular weight excluding hydrogens is 224 g/mol. The first-order valence-electron chi connectivity index (χ1n) is 7.36. The highest BCUT2D eigenvalue weighted by atomic mass is 16.6. The van der Waals surface area contributed by atoms with Gasteiger partial charge in [0.05, 0.1) is 0 Å². The quantitative estimate of drug-likeness (QED) is 0.663. The van der Waals surface area contributed by atoms with E-state index in [1.807, 2.05) is 0 Å². The van der Waals surface area contributed by atoms with Crippen LogP contribution in [0.2, 0.25) is 0 Å². The number of hydrogen-bond acceptors (Lipinski definition) is 2. The van der Waals surface area contributed by atoms with Crippen molar-refractivity contribution in [3.8, 4) is 0 Å². The van der Waals surface area contributed by atoms with E-state index < -0.39 is 0 Å². The first kappa shape index (κ1) is 12.3. The molecule has 3 rings (SSSR count). The van der Waals surface area contributed by atoms with E-state index in [4.69, 9.17) is 4.74 Å². The van der Waals surface area contributed by atoms with Gasteiger partial charge in [-0.25, -0.2) is 4.79 Å². The van der Waals surface area contributed by atoms with Crippen molar-refractivity contribution in [2.24, 2.45) is 29.1 Å². The number of ether oxygens (including phenoxy) is 1. The third kappa shape index (κ3) is 1.44. The summed E-state index contributed by atoms with van der Waals surface area (Å²) in [5.41, 5.74) is 1.26. The SMILES string of the molecule is CC(C)C1CCC2(C)C(C)CC=C3C(=O)OC1C32. The molecule has 2 nitrogen and oxygen atoms in total. The Kier molecular flexibility index (Phi) is 2.62. The fraction of sp³-hybridized carbons (Fsp3) is 0.812. The van der Waals surface area contributed by atoms with Crippen molar-refractivity contribution in [3.63, 3.8) is 0 Å². The Morgan fingerprint density at radius 3 is 2.83 bits per heavy atom. The maximum absolute atomic E-state index is 12.1. The molecule has 100 valence electrons. The summed E-state index contributed by atoms with van der Waals surface area (Å²) in [6.45, 7) is 9.23. The van der Waals surface area contributed by atoms with Gasteiger partial charge in [-0.2, -0.15) is 0 Å². The minimum atomic E-state index is -0.0318. The summed E-state index contributed by atoms with van der Waals surface area (Å²) in [7, 11) is 0. The van der Waals surface area contributed by atoms with Crippen molar-refractivity contribution in [2.45, 2.75) is 53.1 Å². The molecule has 0 bridgehead atoms. The van der Waals surface area contributed by atoms with Crippen molar-refractivity contribution in [1.82, 2.24) is 0 Å². The molecule has 5 unspecified atom stereocenters. The topological polar surface area (TPSA) is 26.3 Å². The predicted molar refractivity (Wildman–Crippen MR) is 70.9 cm³/mol. The highest BCUT2D eigenvalue weighted by molar-refractivity contribution is 5.92. The summed E-state index contributed by atoms with van der Waals surface area (Å²) in [6.07, 6.45) is 5.79. The first-order chi connectivity index (χ1) is 8.45. The van der Waals surface area contributed by atoms with Crippen LogP contribution < -0.4 is 0 Å². The van der Waals surface area contributed by atoms with E-state index in [2.05, 4.69) is 33.8 Å². The van der Waals surface area contributed by atoms with E-state index in [1.54, 1.807) is 0 Å². The lowest BCUT2D eigenvalue weighted by molar-refractivity contribution is -0.146. The lowest BCUT2D eigenvalue weighted by atomic mass is 9.53. The monoisotopic (exact) mass is 248 g/mol. The van der Waals surface area contributed by atoms with Crippen LogP contribution in [-0.4, -0.2) is 12.1 Å². The number of rotatable bonds is 1. The molecule has 1 saturated heterocycles. The normalized spacial score (nSPS) is 46.7. The molecule has 2 heteroatoms. The highest BCUT2D eigenvalue weighted by Gasteiger charge is 2.58. The molecule has 18 heavy (non-hydrogen) atoms. The summed E-state index contributed by atoms with van der Waals surface area (Å²) in [5, 5.41) is 0. The fourth-order valence-corrected chi connectivity index (χ4v) is 4.48. The van der Waals surface area contributed by atoms with Crippen LogP contribution in [0.4, 0.5) is 0 Å². The van der Waals surface area contributed by atoms with E-state index in [0.29, 0.717) is 23.7 Å². The Hall–Kier alpha value is -0.790. The van der Waals surface area contributed by atoms with E-state index in [9.17, 15) is 4.79 Å². The van der Waals surface area contributed by atoms with Crippen LogP contribution in [-0.2, 0) is 9.53 Å². The minimum absolute atomic E-state index is 0.0318. The number of esters is 1. The highest BCUT2D eigenvalue weighted by Crippen LogP contribution is 2.59. The standard InChI is InChI=1S/C16H24O2/c1-9(2)11-7-8-16(4)10(3)5-6-12-13(16)14(11)18-15(12)17/h6,9-11,13-14H,5,7-8H2,1-4H3. The molecule has 2 aliphatic carbocycles. The lowest BCUT2D eigenvalue weighted by Gasteiger charge is -2.51. The smallest absolute Gasteiger partial charge is 0.334 e. The summed E-state index contributed by atoms with van der Waals surface area (Å²) in [5.74, 6) is 2.13. The summed E-state index contributed by atoms with van der Waals surface area (Å²) in [4.78, 5) is 12.1. The van der Waals surface area contributed by atoms with Crippen LogP contribution in [0.15, 0.2) is 11.6 Å². The van der Waals surface area contributed by atoms with Crippen LogP contribution in [0.5, 0.6) is 0 Å². The van der Waals surface area contributed by atoms with E-state index >= 15 is 0 Å². The minimum Gasteiger partial charge on any atom is -0.458 e. The van der Waals surface area contributed by atoms with Crippen LogP contribution in [0.1, 0.15) is 47.0 Å². The molecule has 0 spiro atoms. The van der Waals surface area contributed by atoms with Gasteiger partial charge >= 0.3 is 5.97 Å². The largest absolute Gasteiger partial charge is 0.458 e. The summed E-state index contributed by atoms with van der Waals surface area (Å²) >= 11 is 0. The molecule has 1 aliphatic heterocycles. The Labute approximate surface area is 110 Å². The molecule has 0 aromatic rings. The lowest BCUT2D eigenvalue weighted by Crippen LogP contribution is -2.49. The molecule has 0 amide bonds. The predicted octanol–water partition coefficient (Wildman–Crippen LogP) is 3.57. The second-order valence-corrected chi connectivity index (χ2v) is 7.10. The van der Waals surface area contributed by atoms with Crippen molar-refractivity contribution >= 4 is 5.97 Å². The van der Waals surface area contributed by atoms with Crippen LogP contribution in [0, 0.1) is 29.1 Å². The maximum atomic E-state index is 12.1. The zero-order chi connectivity index (χ0) is 13.1. The maximum Gasteiger partial charge on any atom is 0.334 e. The van der Waals surface area contributed by atoms with Crippen LogP contribution >= 0.6 is 0 Å². The van der Waals surface area contributed by atoms with Gasteiger partial charge < -0.3 is 4.74 Å². The fourth-order valence-electron chi connectivity index (χ4n) is 4.48. The van der Waals surface area contributed by atoms with Gasteiger partial charge in [0.15, 0.2) is 0 Å². The Bertz CT molecular complexity index is 409. The molecule has 0 aromatic carbocycles. The van der Waals surface area contributed by atoms with Crippen molar-refractivity contribution in [2.75, 3.05) is 0 Å². The van der Waals surface area contributed by atoms with E-state index in [0.717, 1.165) is 12.0 Å². The molecule has 0 N–H and O–H groups in total. The Morgan fingerprint density at radius 1 is 1.44 bits per heavy atom. The average Bonchev–Trinajstić information content (AvgIpc) is 2.63. The van der Waals surface area contributed by atoms with Gasteiger partial charge in [-0.3, -0.25) is 0 Å². The zero-order valence-electron chi connectivity index (χ0n) is 11.9. The molecule has 1 heterocycles. The van der Waals surface area contributed by atoms with Crippen molar-refractivity contribution < 1.29 is 9.53 Å². The molecule has 2 fully saturated rings.